The van der Waals surface area contributed by atoms with Gasteiger partial charge in [0.05, 0.1) is 0 Å². The molecule has 0 spiro atoms. The lowest BCUT2D eigenvalue weighted by atomic mass is 9.98. The Morgan fingerprint density at radius 1 is 1.33 bits per heavy atom. The van der Waals surface area contributed by atoms with E-state index >= 15 is 0 Å². The van der Waals surface area contributed by atoms with Crippen molar-refractivity contribution in [3.05, 3.63) is 34.1 Å². The highest BCUT2D eigenvalue weighted by Crippen LogP contribution is 2.26. The monoisotopic (exact) mass is 273 g/mol. The number of nitrogens with two attached hydrogens (primary N) is 1. The summed E-state index contributed by atoms with van der Waals surface area (Å²) in [6, 6.07) is 4.66. The Balaban J connectivity index is 2.69. The van der Waals surface area contributed by atoms with Crippen LogP contribution < -0.4 is 5.73 Å². The lowest BCUT2D eigenvalue weighted by Crippen LogP contribution is -2.12. The predicted molar refractivity (Wildman–Crippen MR) is 65.1 cm³/mol. The first-order chi connectivity index (χ1) is 7.00. The van der Waals surface area contributed by atoms with Gasteiger partial charge in [-0.05, 0) is 36.5 Å². The summed E-state index contributed by atoms with van der Waals surface area (Å²) >= 11 is 3.33. The molecular weight excluding hydrogens is 257 g/mol. The highest BCUT2D eigenvalue weighted by molar-refractivity contribution is 9.10. The summed E-state index contributed by atoms with van der Waals surface area (Å²) in [4.78, 5) is 0. The third-order valence-electron chi connectivity index (χ3n) is 2.42. The van der Waals surface area contributed by atoms with Crippen LogP contribution in [0.3, 0.4) is 0 Å². The van der Waals surface area contributed by atoms with Crippen LogP contribution in [0.25, 0.3) is 0 Å². The van der Waals surface area contributed by atoms with Gasteiger partial charge in [0.2, 0.25) is 0 Å². The second-order valence-corrected chi connectivity index (χ2v) is 5.10. The van der Waals surface area contributed by atoms with Crippen LogP contribution in [0.4, 0.5) is 4.39 Å². The molecule has 0 aromatic heterocycles. The fourth-order valence-electron chi connectivity index (χ4n) is 1.47. The molecule has 1 rings (SSSR count). The van der Waals surface area contributed by atoms with E-state index in [9.17, 15) is 4.39 Å². The van der Waals surface area contributed by atoms with Crippen molar-refractivity contribution in [2.24, 2.45) is 11.7 Å². The van der Waals surface area contributed by atoms with Gasteiger partial charge in [-0.2, -0.15) is 0 Å². The number of hydrogen-bond acceptors (Lipinski definition) is 1. The molecule has 1 nitrogen and oxygen atoms in total. The topological polar surface area (TPSA) is 26.0 Å². The van der Waals surface area contributed by atoms with Crippen molar-refractivity contribution < 1.29 is 4.39 Å². The summed E-state index contributed by atoms with van der Waals surface area (Å²) in [6.45, 7) is 4.35. The van der Waals surface area contributed by atoms with E-state index in [1.54, 1.807) is 6.07 Å². The van der Waals surface area contributed by atoms with Gasteiger partial charge in [0, 0.05) is 10.5 Å². The molecule has 1 atom stereocenters. The zero-order valence-corrected chi connectivity index (χ0v) is 10.7. The Kier molecular flexibility index (Phi) is 4.74. The van der Waals surface area contributed by atoms with Crippen molar-refractivity contribution in [2.45, 2.75) is 32.7 Å². The SMILES string of the molecule is CC(C)CC[C@@H](N)c1ccc(F)cc1Br. The third-order valence-corrected chi connectivity index (χ3v) is 3.10. The predicted octanol–water partition coefficient (Wildman–Crippen LogP) is 4.02. The summed E-state index contributed by atoms with van der Waals surface area (Å²) in [5.74, 6) is 0.414. The van der Waals surface area contributed by atoms with E-state index in [0.29, 0.717) is 5.92 Å². The van der Waals surface area contributed by atoms with Crippen molar-refractivity contribution in [1.82, 2.24) is 0 Å². The summed E-state index contributed by atoms with van der Waals surface area (Å²) in [5.41, 5.74) is 7.03. The molecule has 15 heavy (non-hydrogen) atoms. The summed E-state index contributed by atoms with van der Waals surface area (Å²) in [6.07, 6.45) is 2.02. The average Bonchev–Trinajstić information content (AvgIpc) is 2.14. The molecule has 0 radical (unpaired) electrons. The second kappa shape index (κ2) is 5.61. The Bertz CT molecular complexity index is 325. The van der Waals surface area contributed by atoms with Gasteiger partial charge < -0.3 is 5.73 Å². The van der Waals surface area contributed by atoms with Gasteiger partial charge in [0.1, 0.15) is 5.82 Å². The molecule has 0 aliphatic rings. The molecule has 0 bridgehead atoms. The minimum atomic E-state index is -0.235. The third kappa shape index (κ3) is 3.92. The first kappa shape index (κ1) is 12.7. The molecule has 0 fully saturated rings. The quantitative estimate of drug-likeness (QED) is 0.881. The molecular formula is C12H17BrFN. The maximum absolute atomic E-state index is 12.9. The van der Waals surface area contributed by atoms with E-state index in [1.807, 2.05) is 0 Å². The van der Waals surface area contributed by atoms with Crippen molar-refractivity contribution in [1.29, 1.82) is 0 Å². The van der Waals surface area contributed by atoms with E-state index in [0.717, 1.165) is 22.9 Å². The van der Waals surface area contributed by atoms with Crippen LogP contribution in [0, 0.1) is 11.7 Å². The first-order valence-electron chi connectivity index (χ1n) is 5.21. The van der Waals surface area contributed by atoms with Gasteiger partial charge in [0.25, 0.3) is 0 Å². The van der Waals surface area contributed by atoms with Gasteiger partial charge in [-0.15, -0.1) is 0 Å². The van der Waals surface area contributed by atoms with E-state index < -0.39 is 0 Å². The van der Waals surface area contributed by atoms with E-state index in [4.69, 9.17) is 5.73 Å². The van der Waals surface area contributed by atoms with E-state index in [2.05, 4.69) is 29.8 Å². The standard InChI is InChI=1S/C12H17BrFN/c1-8(2)3-6-12(15)10-5-4-9(14)7-11(10)13/h4-5,7-8,12H,3,6,15H2,1-2H3/t12-/m1/s1. The molecule has 0 aliphatic carbocycles. The van der Waals surface area contributed by atoms with E-state index in [1.165, 1.54) is 12.1 Å². The van der Waals surface area contributed by atoms with Crippen molar-refractivity contribution >= 4 is 15.9 Å². The average molecular weight is 274 g/mol. The molecule has 1 aromatic carbocycles. The fraction of sp³-hybridized carbons (Fsp3) is 0.500. The van der Waals surface area contributed by atoms with Crippen LogP contribution in [-0.4, -0.2) is 0 Å². The molecule has 2 N–H and O–H groups in total. The number of rotatable bonds is 4. The van der Waals surface area contributed by atoms with E-state index in [-0.39, 0.29) is 11.9 Å². The number of benzene rings is 1. The Labute approximate surface area is 99.0 Å². The molecule has 84 valence electrons. The molecule has 3 heteroatoms. The molecule has 0 saturated heterocycles. The minimum Gasteiger partial charge on any atom is -0.324 e. The van der Waals surface area contributed by atoms with Gasteiger partial charge in [-0.1, -0.05) is 35.8 Å². The molecule has 1 aromatic rings. The molecule has 0 unspecified atom stereocenters. The Morgan fingerprint density at radius 2 is 2.00 bits per heavy atom. The molecule has 0 saturated carbocycles. The normalized spacial score (nSPS) is 13.2. The summed E-state index contributed by atoms with van der Waals surface area (Å²) in [5, 5.41) is 0. The van der Waals surface area contributed by atoms with Crippen LogP contribution in [0.15, 0.2) is 22.7 Å². The summed E-state index contributed by atoms with van der Waals surface area (Å²) < 4.78 is 13.6. The Morgan fingerprint density at radius 3 is 2.53 bits per heavy atom. The zero-order chi connectivity index (χ0) is 11.4. The first-order valence-corrected chi connectivity index (χ1v) is 6.00. The van der Waals surface area contributed by atoms with Crippen molar-refractivity contribution in [2.75, 3.05) is 0 Å². The van der Waals surface area contributed by atoms with Gasteiger partial charge in [-0.3, -0.25) is 0 Å². The number of hydrogen-bond donors (Lipinski definition) is 1. The largest absolute Gasteiger partial charge is 0.324 e. The van der Waals surface area contributed by atoms with Gasteiger partial charge >= 0.3 is 0 Å². The minimum absolute atomic E-state index is 0.0117. The zero-order valence-electron chi connectivity index (χ0n) is 9.13. The Hall–Kier alpha value is -0.410. The van der Waals surface area contributed by atoms with Gasteiger partial charge in [-0.25, -0.2) is 4.39 Å². The van der Waals surface area contributed by atoms with Crippen LogP contribution in [0.5, 0.6) is 0 Å². The maximum Gasteiger partial charge on any atom is 0.124 e. The summed E-state index contributed by atoms with van der Waals surface area (Å²) in [7, 11) is 0. The van der Waals surface area contributed by atoms with Crippen LogP contribution in [0.2, 0.25) is 0 Å². The number of halogens is 2. The highest BCUT2D eigenvalue weighted by Gasteiger charge is 2.10. The molecule has 0 aliphatic heterocycles. The smallest absolute Gasteiger partial charge is 0.124 e. The second-order valence-electron chi connectivity index (χ2n) is 4.24. The van der Waals surface area contributed by atoms with Crippen LogP contribution >= 0.6 is 15.9 Å². The van der Waals surface area contributed by atoms with Crippen molar-refractivity contribution in [3.63, 3.8) is 0 Å². The van der Waals surface area contributed by atoms with Crippen LogP contribution in [-0.2, 0) is 0 Å². The van der Waals surface area contributed by atoms with Gasteiger partial charge in [0.15, 0.2) is 0 Å². The van der Waals surface area contributed by atoms with Crippen LogP contribution in [0.1, 0.15) is 38.3 Å². The molecule has 0 amide bonds. The lowest BCUT2D eigenvalue weighted by Gasteiger charge is -2.15. The lowest BCUT2D eigenvalue weighted by molar-refractivity contribution is 0.505. The highest BCUT2D eigenvalue weighted by atomic mass is 79.9. The van der Waals surface area contributed by atoms with Crippen molar-refractivity contribution in [3.8, 4) is 0 Å². The molecule has 0 heterocycles. The maximum atomic E-state index is 12.9. The fourth-order valence-corrected chi connectivity index (χ4v) is 2.12.